The number of carboxylic acid groups (broad SMARTS) is 1. The molecule has 1 atom stereocenters. The van der Waals surface area contributed by atoms with Gasteiger partial charge in [0.15, 0.2) is 6.61 Å². The van der Waals surface area contributed by atoms with Gasteiger partial charge in [-0.2, -0.15) is 13.2 Å². The molecule has 7 nitrogen and oxygen atoms in total. The number of hydrogen-bond donors (Lipinski definition) is 3. The number of hydrogen-bond acceptors (Lipinski definition) is 5. The fourth-order valence-corrected chi connectivity index (χ4v) is 3.04. The van der Waals surface area contributed by atoms with Crippen LogP contribution < -0.4 is 20.1 Å². The summed E-state index contributed by atoms with van der Waals surface area (Å²) in [5.74, 6) is -1.26. The van der Waals surface area contributed by atoms with Gasteiger partial charge in [0.2, 0.25) is 0 Å². The Balaban J connectivity index is 2.01. The van der Waals surface area contributed by atoms with Crippen LogP contribution in [0.4, 0.5) is 13.2 Å². The van der Waals surface area contributed by atoms with Crippen molar-refractivity contribution in [2.75, 3.05) is 26.3 Å². The molecule has 1 heterocycles. The van der Waals surface area contributed by atoms with E-state index in [1.54, 1.807) is 0 Å². The second-order valence-electron chi connectivity index (χ2n) is 7.12. The lowest BCUT2D eigenvalue weighted by Crippen LogP contribution is -2.43. The van der Waals surface area contributed by atoms with Gasteiger partial charge in [0.05, 0.1) is 12.2 Å². The zero-order valence-corrected chi connectivity index (χ0v) is 16.6. The van der Waals surface area contributed by atoms with E-state index >= 15 is 0 Å². The molecule has 10 heteroatoms. The molecule has 1 saturated heterocycles. The van der Waals surface area contributed by atoms with Crippen LogP contribution in [0.3, 0.4) is 0 Å². The highest BCUT2D eigenvalue weighted by Crippen LogP contribution is 2.26. The molecule has 3 N–H and O–H groups in total. The van der Waals surface area contributed by atoms with Gasteiger partial charge < -0.3 is 25.2 Å². The molecule has 0 aromatic heterocycles. The molecular weight excluding hydrogens is 405 g/mol. The number of halogens is 3. The Morgan fingerprint density at radius 3 is 2.67 bits per heavy atom. The lowest BCUT2D eigenvalue weighted by atomic mass is 10.0. The summed E-state index contributed by atoms with van der Waals surface area (Å²) in [7, 11) is 0. The number of carbonyl (C=O) groups is 2. The van der Waals surface area contributed by atoms with Gasteiger partial charge in [0.1, 0.15) is 11.5 Å². The van der Waals surface area contributed by atoms with E-state index in [0.29, 0.717) is 19.4 Å². The van der Waals surface area contributed by atoms with Crippen LogP contribution in [0.25, 0.3) is 0 Å². The Morgan fingerprint density at radius 2 is 2.00 bits per heavy atom. The summed E-state index contributed by atoms with van der Waals surface area (Å²) in [4.78, 5) is 23.2. The quantitative estimate of drug-likeness (QED) is 0.465. The van der Waals surface area contributed by atoms with E-state index in [-0.39, 0.29) is 36.1 Å². The first-order valence-corrected chi connectivity index (χ1v) is 9.94. The lowest BCUT2D eigenvalue weighted by Gasteiger charge is -2.24. The first kappa shape index (κ1) is 23.8. The Kier molecular flexibility index (Phi) is 9.22. The van der Waals surface area contributed by atoms with Crippen LogP contribution >= 0.6 is 0 Å². The third-order valence-corrected chi connectivity index (χ3v) is 4.56. The molecule has 1 aliphatic heterocycles. The number of aliphatic carboxylic acids is 1. The maximum atomic E-state index is 12.7. The monoisotopic (exact) mass is 432 g/mol. The summed E-state index contributed by atoms with van der Waals surface area (Å²) in [6.45, 7) is -0.00747. The molecule has 1 aromatic rings. The molecule has 30 heavy (non-hydrogen) atoms. The first-order chi connectivity index (χ1) is 14.2. The maximum absolute atomic E-state index is 12.7. The average Bonchev–Trinajstić information content (AvgIpc) is 2.70. The third-order valence-electron chi connectivity index (χ3n) is 4.56. The highest BCUT2D eigenvalue weighted by atomic mass is 19.4. The largest absolute Gasteiger partial charge is 0.493 e. The highest BCUT2D eigenvalue weighted by molar-refractivity contribution is 5.97. The molecule has 2 rings (SSSR count). The van der Waals surface area contributed by atoms with E-state index < -0.39 is 24.7 Å². The van der Waals surface area contributed by atoms with Gasteiger partial charge >= 0.3 is 12.1 Å². The first-order valence-electron chi connectivity index (χ1n) is 9.94. The smallest absolute Gasteiger partial charge is 0.422 e. The van der Waals surface area contributed by atoms with Crippen molar-refractivity contribution in [1.82, 2.24) is 10.6 Å². The number of amides is 1. The highest BCUT2D eigenvalue weighted by Gasteiger charge is 2.28. The summed E-state index contributed by atoms with van der Waals surface area (Å²) in [6, 6.07) is 4.06. The predicted octanol–water partition coefficient (Wildman–Crippen LogP) is 3.13. The van der Waals surface area contributed by atoms with Crippen LogP contribution in [-0.2, 0) is 4.79 Å². The second-order valence-corrected chi connectivity index (χ2v) is 7.12. The van der Waals surface area contributed by atoms with Crippen molar-refractivity contribution in [2.24, 2.45) is 0 Å². The number of carboxylic acids is 1. The van der Waals surface area contributed by atoms with Crippen LogP contribution in [0.1, 0.15) is 48.9 Å². The molecule has 1 unspecified atom stereocenters. The SMILES string of the molecule is O=C(O)CCCCOc1ccc(OCC(F)(F)F)cc1C(=O)NCC1CCCCN1. The Labute approximate surface area is 172 Å². The molecule has 1 amide bonds. The van der Waals surface area contributed by atoms with E-state index in [9.17, 15) is 22.8 Å². The Morgan fingerprint density at radius 1 is 1.20 bits per heavy atom. The number of benzene rings is 1. The van der Waals surface area contributed by atoms with Gasteiger partial charge in [-0.15, -0.1) is 0 Å². The van der Waals surface area contributed by atoms with Gasteiger partial charge in [-0.25, -0.2) is 0 Å². The fourth-order valence-electron chi connectivity index (χ4n) is 3.04. The van der Waals surface area contributed by atoms with Crippen molar-refractivity contribution >= 4 is 11.9 Å². The molecule has 168 valence electrons. The topological polar surface area (TPSA) is 96.9 Å². The van der Waals surface area contributed by atoms with Crippen molar-refractivity contribution in [3.8, 4) is 11.5 Å². The van der Waals surface area contributed by atoms with Crippen LogP contribution in [0.5, 0.6) is 11.5 Å². The summed E-state index contributed by atoms with van der Waals surface area (Å²) in [5.41, 5.74) is 0.0729. The zero-order valence-electron chi connectivity index (χ0n) is 16.6. The van der Waals surface area contributed by atoms with Crippen LogP contribution in [0.2, 0.25) is 0 Å². The van der Waals surface area contributed by atoms with E-state index in [2.05, 4.69) is 10.6 Å². The second kappa shape index (κ2) is 11.6. The number of nitrogens with one attached hydrogen (secondary N) is 2. The number of carbonyl (C=O) groups excluding carboxylic acids is 1. The molecule has 0 aliphatic carbocycles. The molecule has 0 bridgehead atoms. The molecule has 1 fully saturated rings. The van der Waals surface area contributed by atoms with E-state index in [1.807, 2.05) is 0 Å². The van der Waals surface area contributed by atoms with Crippen LogP contribution in [0, 0.1) is 0 Å². The number of piperidine rings is 1. The van der Waals surface area contributed by atoms with Crippen molar-refractivity contribution in [2.45, 2.75) is 50.7 Å². The van der Waals surface area contributed by atoms with Crippen molar-refractivity contribution in [1.29, 1.82) is 0 Å². The zero-order chi connectivity index (χ0) is 22.0. The Hall–Kier alpha value is -2.49. The fraction of sp³-hybridized carbons (Fsp3) is 0.600. The number of alkyl halides is 3. The number of unbranched alkanes of at least 4 members (excludes halogenated alkanes) is 1. The number of rotatable bonds is 11. The summed E-state index contributed by atoms with van der Waals surface area (Å²) in [5, 5.41) is 14.7. The number of ether oxygens (including phenoxy) is 2. The summed E-state index contributed by atoms with van der Waals surface area (Å²) >= 11 is 0. The Bertz CT molecular complexity index is 706. The van der Waals surface area contributed by atoms with Crippen LogP contribution in [-0.4, -0.2) is 55.5 Å². The van der Waals surface area contributed by atoms with Gasteiger partial charge in [-0.3, -0.25) is 9.59 Å². The van der Waals surface area contributed by atoms with Crippen molar-refractivity contribution in [3.05, 3.63) is 23.8 Å². The van der Waals surface area contributed by atoms with Gasteiger partial charge in [0.25, 0.3) is 5.91 Å². The van der Waals surface area contributed by atoms with Gasteiger partial charge in [-0.1, -0.05) is 6.42 Å². The van der Waals surface area contributed by atoms with Gasteiger partial charge in [0, 0.05) is 19.0 Å². The molecular formula is C20H27F3N2O5. The summed E-state index contributed by atoms with van der Waals surface area (Å²) < 4.78 is 47.6. The molecule has 1 aliphatic rings. The van der Waals surface area contributed by atoms with Gasteiger partial charge in [-0.05, 0) is 50.4 Å². The van der Waals surface area contributed by atoms with Crippen molar-refractivity contribution < 1.29 is 37.3 Å². The van der Waals surface area contributed by atoms with Crippen LogP contribution in [0.15, 0.2) is 18.2 Å². The maximum Gasteiger partial charge on any atom is 0.422 e. The third kappa shape index (κ3) is 8.89. The molecule has 1 aromatic carbocycles. The minimum absolute atomic E-state index is 0.00924. The average molecular weight is 432 g/mol. The van der Waals surface area contributed by atoms with Crippen molar-refractivity contribution in [3.63, 3.8) is 0 Å². The minimum Gasteiger partial charge on any atom is -0.493 e. The summed E-state index contributed by atoms with van der Waals surface area (Å²) in [6.07, 6.45) is -0.518. The predicted molar refractivity (Wildman–Crippen MR) is 103 cm³/mol. The normalized spacial score (nSPS) is 16.7. The minimum atomic E-state index is -4.49. The molecule has 0 spiro atoms. The van der Waals surface area contributed by atoms with E-state index in [0.717, 1.165) is 25.8 Å². The standard InChI is InChI=1S/C20H27F3N2O5/c21-20(22,23)13-30-15-7-8-17(29-10-4-2-6-18(26)27)16(11-15)19(28)25-12-14-5-1-3-9-24-14/h7-8,11,14,24H,1-6,9-10,12-13H2,(H,25,28)(H,26,27). The lowest BCUT2D eigenvalue weighted by molar-refractivity contribution is -0.153. The molecule has 0 saturated carbocycles. The molecule has 0 radical (unpaired) electrons. The van der Waals surface area contributed by atoms with E-state index in [1.165, 1.54) is 18.2 Å². The van der Waals surface area contributed by atoms with E-state index in [4.69, 9.17) is 14.6 Å².